The second-order valence-electron chi connectivity index (χ2n) is 6.76. The van der Waals surface area contributed by atoms with Gasteiger partial charge in [0.25, 0.3) is 11.8 Å². The van der Waals surface area contributed by atoms with Crippen LogP contribution in [0.3, 0.4) is 0 Å². The Bertz CT molecular complexity index is 890. The number of ether oxygens (including phenoxy) is 1. The predicted molar refractivity (Wildman–Crippen MR) is 107 cm³/mol. The number of pyridine rings is 1. The topological polar surface area (TPSA) is 91.8 Å². The van der Waals surface area contributed by atoms with Crippen LogP contribution in [0.2, 0.25) is 0 Å². The largest absolute Gasteiger partial charge is 0.497 e. The van der Waals surface area contributed by atoms with Crippen LogP contribution in [-0.2, 0) is 11.3 Å². The zero-order valence-electron chi connectivity index (χ0n) is 16.6. The molecular weight excluding hydrogens is 372 g/mol. The summed E-state index contributed by atoms with van der Waals surface area (Å²) in [5.41, 5.74) is 1.52. The molecule has 0 aliphatic carbocycles. The van der Waals surface area contributed by atoms with E-state index in [2.05, 4.69) is 10.3 Å². The number of amides is 3. The van der Waals surface area contributed by atoms with Gasteiger partial charge in [0.1, 0.15) is 11.4 Å². The molecule has 1 aromatic heterocycles. The van der Waals surface area contributed by atoms with Gasteiger partial charge in [-0.15, -0.1) is 0 Å². The number of methoxy groups -OCH3 is 1. The number of piperazine rings is 1. The normalized spacial score (nSPS) is 13.7. The summed E-state index contributed by atoms with van der Waals surface area (Å²) in [4.78, 5) is 44.1. The van der Waals surface area contributed by atoms with E-state index in [4.69, 9.17) is 4.74 Å². The van der Waals surface area contributed by atoms with Gasteiger partial charge in [0.15, 0.2) is 0 Å². The lowest BCUT2D eigenvalue weighted by molar-refractivity contribution is -0.130. The highest BCUT2D eigenvalue weighted by Crippen LogP contribution is 2.12. The van der Waals surface area contributed by atoms with Gasteiger partial charge in [-0.25, -0.2) is 0 Å². The van der Waals surface area contributed by atoms with Gasteiger partial charge in [0.2, 0.25) is 5.91 Å². The van der Waals surface area contributed by atoms with Gasteiger partial charge in [-0.2, -0.15) is 0 Å². The first-order valence-electron chi connectivity index (χ1n) is 9.40. The van der Waals surface area contributed by atoms with E-state index >= 15 is 0 Å². The second kappa shape index (κ2) is 9.18. The molecule has 0 spiro atoms. The quantitative estimate of drug-likeness (QED) is 0.823. The van der Waals surface area contributed by atoms with E-state index in [-0.39, 0.29) is 23.4 Å². The molecule has 1 aromatic carbocycles. The molecule has 1 aliphatic heterocycles. The van der Waals surface area contributed by atoms with Crippen molar-refractivity contribution in [1.29, 1.82) is 0 Å². The van der Waals surface area contributed by atoms with Gasteiger partial charge in [0, 0.05) is 51.4 Å². The summed E-state index contributed by atoms with van der Waals surface area (Å²) in [5, 5.41) is 2.81. The number of hydrogen-bond acceptors (Lipinski definition) is 5. The molecule has 0 saturated carbocycles. The highest BCUT2D eigenvalue weighted by molar-refractivity contribution is 5.98. The molecule has 8 nitrogen and oxygen atoms in total. The Balaban J connectivity index is 1.60. The van der Waals surface area contributed by atoms with Gasteiger partial charge in [-0.05, 0) is 29.8 Å². The first-order valence-corrected chi connectivity index (χ1v) is 9.40. The maximum atomic E-state index is 12.7. The van der Waals surface area contributed by atoms with Crippen LogP contribution in [0.1, 0.15) is 33.3 Å². The third-order valence-electron chi connectivity index (χ3n) is 4.86. The lowest BCUT2D eigenvalue weighted by Gasteiger charge is -2.34. The zero-order valence-corrected chi connectivity index (χ0v) is 16.6. The SMILES string of the molecule is COc1ccc(CNC(=O)c2cc(C(=O)N3CCN(C(C)=O)CC3)ccn2)cc1. The molecule has 3 amide bonds. The summed E-state index contributed by atoms with van der Waals surface area (Å²) < 4.78 is 5.11. The summed E-state index contributed by atoms with van der Waals surface area (Å²) in [7, 11) is 1.60. The molecule has 0 radical (unpaired) electrons. The summed E-state index contributed by atoms with van der Waals surface area (Å²) in [6.45, 7) is 3.84. The highest BCUT2D eigenvalue weighted by Gasteiger charge is 2.24. The number of aromatic nitrogens is 1. The van der Waals surface area contributed by atoms with Crippen LogP contribution >= 0.6 is 0 Å². The van der Waals surface area contributed by atoms with Crippen molar-refractivity contribution >= 4 is 17.7 Å². The molecule has 2 aromatic rings. The number of carbonyl (C=O) groups excluding carboxylic acids is 3. The van der Waals surface area contributed by atoms with E-state index in [1.54, 1.807) is 23.0 Å². The number of hydrogen-bond donors (Lipinski definition) is 1. The molecule has 3 rings (SSSR count). The lowest BCUT2D eigenvalue weighted by Crippen LogP contribution is -2.50. The zero-order chi connectivity index (χ0) is 20.8. The fourth-order valence-corrected chi connectivity index (χ4v) is 3.11. The molecule has 0 atom stereocenters. The molecule has 2 heterocycles. The molecule has 152 valence electrons. The fraction of sp³-hybridized carbons (Fsp3) is 0.333. The first-order chi connectivity index (χ1) is 14.0. The Morgan fingerprint density at radius 2 is 1.69 bits per heavy atom. The van der Waals surface area contributed by atoms with Crippen LogP contribution in [0.4, 0.5) is 0 Å². The molecule has 1 N–H and O–H groups in total. The van der Waals surface area contributed by atoms with Gasteiger partial charge in [0.05, 0.1) is 7.11 Å². The number of nitrogens with one attached hydrogen (secondary N) is 1. The Morgan fingerprint density at radius 3 is 2.31 bits per heavy atom. The average molecular weight is 396 g/mol. The molecule has 0 unspecified atom stereocenters. The molecule has 8 heteroatoms. The van der Waals surface area contributed by atoms with Crippen LogP contribution in [0.15, 0.2) is 42.6 Å². The number of benzene rings is 1. The lowest BCUT2D eigenvalue weighted by atomic mass is 10.1. The van der Waals surface area contributed by atoms with Gasteiger partial charge < -0.3 is 19.9 Å². The summed E-state index contributed by atoms with van der Waals surface area (Å²) in [5.74, 6) is 0.241. The number of carbonyl (C=O) groups is 3. The Labute approximate surface area is 169 Å². The maximum Gasteiger partial charge on any atom is 0.270 e. The van der Waals surface area contributed by atoms with Crippen LogP contribution in [0, 0.1) is 0 Å². The molecule has 0 bridgehead atoms. The molecular formula is C21H24N4O4. The summed E-state index contributed by atoms with van der Waals surface area (Å²) >= 11 is 0. The number of rotatable bonds is 5. The van der Waals surface area contributed by atoms with Crippen molar-refractivity contribution in [3.05, 3.63) is 59.4 Å². The molecule has 29 heavy (non-hydrogen) atoms. The Morgan fingerprint density at radius 1 is 1.03 bits per heavy atom. The van der Waals surface area contributed by atoms with E-state index in [0.717, 1.165) is 11.3 Å². The Kier molecular flexibility index (Phi) is 6.43. The first kappa shape index (κ1) is 20.3. The average Bonchev–Trinajstić information content (AvgIpc) is 2.77. The highest BCUT2D eigenvalue weighted by atomic mass is 16.5. The summed E-state index contributed by atoms with van der Waals surface area (Å²) in [6, 6.07) is 10.5. The van der Waals surface area contributed by atoms with E-state index < -0.39 is 0 Å². The van der Waals surface area contributed by atoms with Crippen molar-refractivity contribution in [2.24, 2.45) is 0 Å². The third-order valence-corrected chi connectivity index (χ3v) is 4.86. The van der Waals surface area contributed by atoms with Crippen molar-refractivity contribution in [2.45, 2.75) is 13.5 Å². The maximum absolute atomic E-state index is 12.7. The van der Waals surface area contributed by atoms with Gasteiger partial charge in [-0.1, -0.05) is 12.1 Å². The molecule has 1 aliphatic rings. The third kappa shape index (κ3) is 5.10. The van der Waals surface area contributed by atoms with Crippen molar-refractivity contribution in [1.82, 2.24) is 20.1 Å². The van der Waals surface area contributed by atoms with Gasteiger partial charge in [-0.3, -0.25) is 19.4 Å². The predicted octanol–water partition coefficient (Wildman–Crippen LogP) is 1.32. The van der Waals surface area contributed by atoms with Crippen LogP contribution < -0.4 is 10.1 Å². The van der Waals surface area contributed by atoms with E-state index in [1.807, 2.05) is 24.3 Å². The van der Waals surface area contributed by atoms with Crippen molar-refractivity contribution in [3.63, 3.8) is 0 Å². The molecule has 1 saturated heterocycles. The van der Waals surface area contributed by atoms with Crippen molar-refractivity contribution in [2.75, 3.05) is 33.3 Å². The van der Waals surface area contributed by atoms with Crippen LogP contribution in [0.25, 0.3) is 0 Å². The monoisotopic (exact) mass is 396 g/mol. The van der Waals surface area contributed by atoms with Crippen molar-refractivity contribution in [3.8, 4) is 5.75 Å². The fourth-order valence-electron chi connectivity index (χ4n) is 3.11. The standard InChI is InChI=1S/C21H24N4O4/c1-15(26)24-9-11-25(12-10-24)21(28)17-7-8-22-19(13-17)20(27)23-14-16-3-5-18(29-2)6-4-16/h3-8,13H,9-12,14H2,1-2H3,(H,23,27). The minimum absolute atomic E-state index is 0.0110. The minimum atomic E-state index is -0.350. The number of nitrogens with zero attached hydrogens (tertiary/aromatic N) is 3. The molecule has 1 fully saturated rings. The Hall–Kier alpha value is -3.42. The van der Waals surface area contributed by atoms with E-state index in [1.165, 1.54) is 19.2 Å². The van der Waals surface area contributed by atoms with E-state index in [9.17, 15) is 14.4 Å². The van der Waals surface area contributed by atoms with Crippen LogP contribution in [0.5, 0.6) is 5.75 Å². The second-order valence-corrected chi connectivity index (χ2v) is 6.76. The van der Waals surface area contributed by atoms with Crippen LogP contribution in [-0.4, -0.2) is 65.8 Å². The smallest absolute Gasteiger partial charge is 0.270 e. The minimum Gasteiger partial charge on any atom is -0.497 e. The van der Waals surface area contributed by atoms with Gasteiger partial charge >= 0.3 is 0 Å². The summed E-state index contributed by atoms with van der Waals surface area (Å²) in [6.07, 6.45) is 1.46. The van der Waals surface area contributed by atoms with E-state index in [0.29, 0.717) is 38.3 Å². The van der Waals surface area contributed by atoms with Crippen molar-refractivity contribution < 1.29 is 19.1 Å².